The molecule has 6 fully saturated rings. The molecule has 2 bridgehead atoms. The predicted octanol–water partition coefficient (Wildman–Crippen LogP) is 4.36. The fourth-order valence-electron chi connectivity index (χ4n) is 12.1. The van der Waals surface area contributed by atoms with Gasteiger partial charge in [0.15, 0.2) is 5.82 Å². The van der Waals surface area contributed by atoms with Crippen LogP contribution in [0.25, 0.3) is 32.9 Å². The zero-order valence-electron chi connectivity index (χ0n) is 40.0. The Kier molecular flexibility index (Phi) is 12.0. The summed E-state index contributed by atoms with van der Waals surface area (Å²) in [4.78, 5) is 65.7. The minimum absolute atomic E-state index is 0.00163. The van der Waals surface area contributed by atoms with Gasteiger partial charge in [0.25, 0.3) is 5.91 Å². The fourth-order valence-corrected chi connectivity index (χ4v) is 12.1. The highest BCUT2D eigenvalue weighted by Crippen LogP contribution is 2.47. The van der Waals surface area contributed by atoms with Crippen LogP contribution in [-0.4, -0.2) is 167 Å². The lowest BCUT2D eigenvalue weighted by atomic mass is 9.96. The number of hydrogen-bond acceptors (Lipinski definition) is 14. The van der Waals surface area contributed by atoms with E-state index in [4.69, 9.17) is 21.1 Å². The van der Waals surface area contributed by atoms with Crippen molar-refractivity contribution in [1.29, 1.82) is 0 Å². The SMILES string of the molecule is C#Cc1cccc2cc(O)cc(-c3ncc4c(N5CC6CCC(C5)N6)nc(OCC5(CN6CCN(CCCN7CCN(c8ccc9c(c8)CN([C@H]8CCC(=O)NC8=O)C9=O)CC7)CC6)CC5)nc4c3F)c12. The molecule has 8 heterocycles. The zero-order chi connectivity index (χ0) is 48.4. The summed E-state index contributed by atoms with van der Waals surface area (Å²) in [6, 6.07) is 14.9. The topological polar surface area (TPSA) is 163 Å². The van der Waals surface area contributed by atoms with Gasteiger partial charge in [-0.2, -0.15) is 9.97 Å². The number of phenolic OH excluding ortho intramolecular Hbond substituents is 1. The molecular weight excluding hydrogens is 902 g/mol. The standard InChI is InChI=1S/C54H60FN11O5/c1-2-34-5-3-6-35-26-40(67)27-42(46(34)35)48-47(55)49-43(28-56-48)50(65-30-37-7-8-38(31-65)57-37)60-53(59-49)71-33-54(13-14-54)32-63-19-17-61(18-20-63)15-4-16-62-21-23-64(24-22-62)39-9-10-41-36(25-39)29-66(52(41)70)44-11-12-45(68)58-51(44)69/h1,3,5-6,9-10,25-28,37-38,44,57,67H,4,7-8,11-24,29-33H2,(H,58,68,69)/t37?,38?,44-/m0/s1. The first-order valence-electron chi connectivity index (χ1n) is 25.5. The van der Waals surface area contributed by atoms with Crippen LogP contribution in [0.2, 0.25) is 0 Å². The van der Waals surface area contributed by atoms with E-state index in [0.717, 1.165) is 128 Å². The number of piperazine rings is 3. The van der Waals surface area contributed by atoms with E-state index in [1.54, 1.807) is 23.2 Å². The van der Waals surface area contributed by atoms with Gasteiger partial charge in [-0.3, -0.25) is 29.6 Å². The maximum Gasteiger partial charge on any atom is 0.319 e. The number of halogens is 1. The predicted molar refractivity (Wildman–Crippen MR) is 268 cm³/mol. The highest BCUT2D eigenvalue weighted by Gasteiger charge is 2.46. The van der Waals surface area contributed by atoms with Gasteiger partial charge in [-0.25, -0.2) is 4.39 Å². The van der Waals surface area contributed by atoms with Gasteiger partial charge in [-0.1, -0.05) is 18.1 Å². The summed E-state index contributed by atoms with van der Waals surface area (Å²) in [5.41, 5.74) is 3.87. The first-order valence-corrected chi connectivity index (χ1v) is 25.5. The molecule has 1 saturated carbocycles. The van der Waals surface area contributed by atoms with Crippen molar-refractivity contribution in [2.75, 3.05) is 101 Å². The molecule has 5 saturated heterocycles. The minimum Gasteiger partial charge on any atom is -0.508 e. The number of amides is 3. The van der Waals surface area contributed by atoms with E-state index in [-0.39, 0.29) is 52.5 Å². The Hall–Kier alpha value is -6.45. The smallest absolute Gasteiger partial charge is 0.319 e. The van der Waals surface area contributed by atoms with Crippen LogP contribution in [0.3, 0.4) is 0 Å². The number of fused-ring (bicyclic) bond motifs is 5. The van der Waals surface area contributed by atoms with E-state index in [1.165, 1.54) is 6.07 Å². The lowest BCUT2D eigenvalue weighted by Crippen LogP contribution is -2.52. The number of aromatic nitrogens is 3. The molecule has 3 aromatic carbocycles. The maximum absolute atomic E-state index is 17.1. The van der Waals surface area contributed by atoms with Gasteiger partial charge in [-0.15, -0.1) is 6.42 Å². The highest BCUT2D eigenvalue weighted by atomic mass is 19.1. The lowest BCUT2D eigenvalue weighted by Gasteiger charge is -2.38. The van der Waals surface area contributed by atoms with Gasteiger partial charge in [0, 0.05) is 136 Å². The Balaban J connectivity index is 0.644. The number of terminal acetylenes is 1. The molecule has 17 heteroatoms. The zero-order valence-corrected chi connectivity index (χ0v) is 40.0. The van der Waals surface area contributed by atoms with Crippen LogP contribution in [0, 0.1) is 23.6 Å². The molecule has 0 spiro atoms. The van der Waals surface area contributed by atoms with Gasteiger partial charge in [-0.05, 0) is 99.0 Å². The van der Waals surface area contributed by atoms with E-state index in [0.29, 0.717) is 70.3 Å². The Bertz CT molecular complexity index is 2970. The first kappa shape index (κ1) is 45.7. The highest BCUT2D eigenvalue weighted by molar-refractivity contribution is 6.06. The van der Waals surface area contributed by atoms with E-state index >= 15 is 4.39 Å². The number of anilines is 2. The fraction of sp³-hybridized carbons (Fsp3) is 0.481. The summed E-state index contributed by atoms with van der Waals surface area (Å²) >= 11 is 0. The molecule has 6 aliphatic heterocycles. The molecule has 1 aliphatic carbocycles. The quantitative estimate of drug-likeness (QED) is 0.113. The average molecular weight is 962 g/mol. The summed E-state index contributed by atoms with van der Waals surface area (Å²) < 4.78 is 23.6. The number of carbonyl (C=O) groups is 3. The maximum atomic E-state index is 17.1. The number of imide groups is 1. The van der Waals surface area contributed by atoms with Gasteiger partial charge >= 0.3 is 6.01 Å². The molecule has 2 unspecified atom stereocenters. The average Bonchev–Trinajstić information content (AvgIpc) is 3.96. The number of pyridine rings is 1. The third-order valence-electron chi connectivity index (χ3n) is 16.2. The molecule has 5 aromatic rings. The van der Waals surface area contributed by atoms with Crippen molar-refractivity contribution >= 4 is 50.9 Å². The van der Waals surface area contributed by atoms with Crippen LogP contribution in [0.15, 0.2) is 54.7 Å². The van der Waals surface area contributed by atoms with Crippen LogP contribution in [0.4, 0.5) is 15.9 Å². The number of piperidine rings is 1. The van der Waals surface area contributed by atoms with Crippen molar-refractivity contribution in [3.8, 4) is 35.4 Å². The minimum atomic E-state index is -0.607. The number of nitrogens with zero attached hydrogens (tertiary/aromatic N) is 9. The number of phenols is 1. The third-order valence-corrected chi connectivity index (χ3v) is 16.2. The van der Waals surface area contributed by atoms with Crippen LogP contribution in [-0.2, 0) is 16.1 Å². The van der Waals surface area contributed by atoms with Crippen molar-refractivity contribution in [3.05, 3.63) is 77.2 Å². The number of ether oxygens (including phenoxy) is 1. The Labute approximate surface area is 412 Å². The second-order valence-corrected chi connectivity index (χ2v) is 20.9. The Morgan fingerprint density at radius 3 is 2.34 bits per heavy atom. The van der Waals surface area contributed by atoms with E-state index in [2.05, 4.69) is 52.1 Å². The van der Waals surface area contributed by atoms with Crippen LogP contribution in [0.1, 0.15) is 66.4 Å². The van der Waals surface area contributed by atoms with Gasteiger partial charge in [0.2, 0.25) is 11.8 Å². The largest absolute Gasteiger partial charge is 0.508 e. The summed E-state index contributed by atoms with van der Waals surface area (Å²) in [7, 11) is 0. The molecule has 16 nitrogen and oxygen atoms in total. The summed E-state index contributed by atoms with van der Waals surface area (Å²) in [6.07, 6.45) is 13.6. The van der Waals surface area contributed by atoms with Crippen LogP contribution < -0.4 is 25.2 Å². The number of aromatic hydroxyl groups is 1. The van der Waals surface area contributed by atoms with Crippen molar-refractivity contribution in [3.63, 3.8) is 0 Å². The van der Waals surface area contributed by atoms with E-state index < -0.39 is 11.9 Å². The molecule has 12 rings (SSSR count). The molecule has 0 radical (unpaired) electrons. The van der Waals surface area contributed by atoms with Crippen molar-refractivity contribution < 1.29 is 28.6 Å². The molecule has 3 amide bonds. The summed E-state index contributed by atoms with van der Waals surface area (Å²) in [5, 5.41) is 18.7. The Morgan fingerprint density at radius 2 is 1.61 bits per heavy atom. The monoisotopic (exact) mass is 961 g/mol. The molecule has 7 aliphatic rings. The number of carbonyl (C=O) groups excluding carboxylic acids is 3. The molecule has 3 N–H and O–H groups in total. The second kappa shape index (κ2) is 18.6. The molecule has 3 atom stereocenters. The van der Waals surface area contributed by atoms with Crippen molar-refractivity contribution in [2.24, 2.45) is 5.41 Å². The normalized spacial score (nSPS) is 23.6. The van der Waals surface area contributed by atoms with Crippen LogP contribution in [0.5, 0.6) is 11.8 Å². The number of rotatable bonds is 13. The van der Waals surface area contributed by atoms with Gasteiger partial charge < -0.3 is 39.7 Å². The Morgan fingerprint density at radius 1 is 0.859 bits per heavy atom. The molecule has 71 heavy (non-hydrogen) atoms. The third kappa shape index (κ3) is 9.00. The first-order chi connectivity index (χ1) is 34.6. The van der Waals surface area contributed by atoms with E-state index in [1.807, 2.05) is 24.3 Å². The molecule has 2 aromatic heterocycles. The van der Waals surface area contributed by atoms with Crippen LogP contribution >= 0.6 is 0 Å². The summed E-state index contributed by atoms with van der Waals surface area (Å²) in [5.74, 6) is 1.93. The lowest BCUT2D eigenvalue weighted by molar-refractivity contribution is -0.136. The molecular formula is C54H60FN11O5. The van der Waals surface area contributed by atoms with E-state index in [9.17, 15) is 19.5 Å². The summed E-state index contributed by atoms with van der Waals surface area (Å²) in [6.45, 7) is 13.3. The number of nitrogens with one attached hydrogen (secondary N) is 2. The van der Waals surface area contributed by atoms with Gasteiger partial charge in [0.05, 0.1) is 12.0 Å². The van der Waals surface area contributed by atoms with Crippen molar-refractivity contribution in [2.45, 2.75) is 69.6 Å². The van der Waals surface area contributed by atoms with Crippen molar-refractivity contribution in [1.82, 2.24) is 45.2 Å². The molecule has 368 valence electrons. The number of benzene rings is 3. The van der Waals surface area contributed by atoms with Gasteiger partial charge in [0.1, 0.15) is 28.8 Å². The second-order valence-electron chi connectivity index (χ2n) is 20.9. The number of hydrogen-bond donors (Lipinski definition) is 3.